The highest BCUT2D eigenvalue weighted by molar-refractivity contribution is 14.1. The molecular weight excluding hydrogens is 586 g/mol. The van der Waals surface area contributed by atoms with Crippen LogP contribution in [0.15, 0.2) is 30.4 Å². The molecule has 1 saturated heterocycles. The molecule has 136 valence electrons. The van der Waals surface area contributed by atoms with Crippen molar-refractivity contribution in [2.45, 2.75) is 0 Å². The van der Waals surface area contributed by atoms with Gasteiger partial charge in [0.1, 0.15) is 11.3 Å². The average molecular weight is 598 g/mol. The predicted molar refractivity (Wildman–Crippen MR) is 116 cm³/mol. The van der Waals surface area contributed by atoms with Gasteiger partial charge in [-0.3, -0.25) is 19.8 Å². The van der Waals surface area contributed by atoms with Crippen LogP contribution in [0.4, 0.5) is 0 Å². The SMILES string of the molecule is C=CCN1C(=O)/C(=C/c2cc(I)c(OCC(=O)O)c(I)c2)C(=O)NC1=S. The summed E-state index contributed by atoms with van der Waals surface area (Å²) in [5.74, 6) is -1.72. The Kier molecular flexibility index (Phi) is 7.11. The Hall–Kier alpha value is -1.54. The van der Waals surface area contributed by atoms with E-state index in [0.717, 1.165) is 0 Å². The van der Waals surface area contributed by atoms with Gasteiger partial charge in [-0.15, -0.1) is 6.58 Å². The van der Waals surface area contributed by atoms with Gasteiger partial charge in [-0.2, -0.15) is 0 Å². The van der Waals surface area contributed by atoms with E-state index in [4.69, 9.17) is 22.1 Å². The van der Waals surface area contributed by atoms with Crippen LogP contribution in [-0.4, -0.2) is 46.1 Å². The molecule has 0 atom stereocenters. The Morgan fingerprint density at radius 3 is 2.50 bits per heavy atom. The van der Waals surface area contributed by atoms with Gasteiger partial charge in [0.25, 0.3) is 11.8 Å². The molecule has 26 heavy (non-hydrogen) atoms. The van der Waals surface area contributed by atoms with E-state index in [-0.39, 0.29) is 17.2 Å². The minimum Gasteiger partial charge on any atom is -0.480 e. The molecule has 1 aromatic carbocycles. The van der Waals surface area contributed by atoms with Crippen molar-refractivity contribution in [1.82, 2.24) is 10.2 Å². The predicted octanol–water partition coefficient (Wildman–Crippen LogP) is 2.17. The molecule has 2 rings (SSSR count). The summed E-state index contributed by atoms with van der Waals surface area (Å²) >= 11 is 9.01. The van der Waals surface area contributed by atoms with Crippen molar-refractivity contribution in [3.05, 3.63) is 43.1 Å². The topological polar surface area (TPSA) is 95.9 Å². The monoisotopic (exact) mass is 598 g/mol. The third kappa shape index (κ3) is 4.79. The Morgan fingerprint density at radius 2 is 1.96 bits per heavy atom. The number of halogens is 2. The van der Waals surface area contributed by atoms with E-state index in [9.17, 15) is 14.4 Å². The minimum absolute atomic E-state index is 0.0404. The van der Waals surface area contributed by atoms with Crippen molar-refractivity contribution in [2.75, 3.05) is 13.2 Å². The normalized spacial score (nSPS) is 15.8. The number of nitrogens with zero attached hydrogens (tertiary/aromatic N) is 1. The molecule has 1 heterocycles. The Balaban J connectivity index is 2.37. The fraction of sp³-hybridized carbons (Fsp3) is 0.125. The van der Waals surface area contributed by atoms with E-state index in [1.165, 1.54) is 17.1 Å². The maximum atomic E-state index is 12.5. The Labute approximate surface area is 181 Å². The number of benzene rings is 1. The molecule has 0 radical (unpaired) electrons. The summed E-state index contributed by atoms with van der Waals surface area (Å²) in [5, 5.41) is 11.2. The summed E-state index contributed by atoms with van der Waals surface area (Å²) in [4.78, 5) is 36.6. The number of carbonyl (C=O) groups excluding carboxylic acids is 2. The number of thiocarbonyl (C=S) groups is 1. The fourth-order valence-electron chi connectivity index (χ4n) is 2.09. The van der Waals surface area contributed by atoms with Gasteiger partial charge in [-0.25, -0.2) is 4.79 Å². The van der Waals surface area contributed by atoms with Gasteiger partial charge in [-0.05, 0) is 81.2 Å². The van der Waals surface area contributed by atoms with Crippen molar-refractivity contribution in [2.24, 2.45) is 0 Å². The summed E-state index contributed by atoms with van der Waals surface area (Å²) < 4.78 is 6.58. The first-order valence-corrected chi connectivity index (χ1v) is 9.64. The smallest absolute Gasteiger partial charge is 0.341 e. The number of amides is 2. The van der Waals surface area contributed by atoms with Crippen LogP contribution in [0.2, 0.25) is 0 Å². The molecule has 1 aliphatic rings. The largest absolute Gasteiger partial charge is 0.480 e. The molecule has 1 fully saturated rings. The summed E-state index contributed by atoms with van der Waals surface area (Å²) in [7, 11) is 0. The van der Waals surface area contributed by atoms with Crippen LogP contribution in [0, 0.1) is 7.14 Å². The average Bonchev–Trinajstić information content (AvgIpc) is 2.54. The highest BCUT2D eigenvalue weighted by Gasteiger charge is 2.32. The Morgan fingerprint density at radius 1 is 1.35 bits per heavy atom. The van der Waals surface area contributed by atoms with Crippen LogP contribution in [0.1, 0.15) is 5.56 Å². The molecule has 0 spiro atoms. The molecule has 0 saturated carbocycles. The quantitative estimate of drug-likeness (QED) is 0.172. The minimum atomic E-state index is -1.08. The van der Waals surface area contributed by atoms with E-state index in [0.29, 0.717) is 18.5 Å². The van der Waals surface area contributed by atoms with Crippen molar-refractivity contribution in [1.29, 1.82) is 0 Å². The number of aliphatic carboxylic acids is 1. The molecule has 2 amide bonds. The second-order valence-corrected chi connectivity index (χ2v) is 7.73. The first kappa shape index (κ1) is 20.8. The lowest BCUT2D eigenvalue weighted by Crippen LogP contribution is -2.53. The summed E-state index contributed by atoms with van der Waals surface area (Å²) in [6, 6.07) is 3.39. The second-order valence-electron chi connectivity index (χ2n) is 5.02. The zero-order chi connectivity index (χ0) is 19.4. The number of hydrogen-bond acceptors (Lipinski definition) is 5. The van der Waals surface area contributed by atoms with E-state index < -0.39 is 24.4 Å². The number of carbonyl (C=O) groups is 3. The number of hydrogen-bond donors (Lipinski definition) is 2. The van der Waals surface area contributed by atoms with Crippen LogP contribution in [0.5, 0.6) is 5.75 Å². The van der Waals surface area contributed by atoms with Gasteiger partial charge in [0.2, 0.25) is 0 Å². The van der Waals surface area contributed by atoms with Crippen molar-refractivity contribution in [3.63, 3.8) is 0 Å². The maximum Gasteiger partial charge on any atom is 0.341 e. The van der Waals surface area contributed by atoms with Crippen LogP contribution in [0.3, 0.4) is 0 Å². The highest BCUT2D eigenvalue weighted by atomic mass is 127. The fourth-order valence-corrected chi connectivity index (χ4v) is 4.47. The van der Waals surface area contributed by atoms with Crippen LogP contribution in [-0.2, 0) is 14.4 Å². The molecule has 2 N–H and O–H groups in total. The van der Waals surface area contributed by atoms with Gasteiger partial charge < -0.3 is 9.84 Å². The molecule has 0 aliphatic carbocycles. The second kappa shape index (κ2) is 8.90. The first-order chi connectivity index (χ1) is 12.2. The van der Waals surface area contributed by atoms with Gasteiger partial charge in [-0.1, -0.05) is 6.08 Å². The molecule has 0 aromatic heterocycles. The van der Waals surface area contributed by atoms with Crippen LogP contribution >= 0.6 is 57.4 Å². The number of nitrogens with one attached hydrogen (secondary N) is 1. The zero-order valence-electron chi connectivity index (χ0n) is 13.1. The highest BCUT2D eigenvalue weighted by Crippen LogP contribution is 2.30. The van der Waals surface area contributed by atoms with Gasteiger partial charge >= 0.3 is 5.97 Å². The number of rotatable bonds is 6. The van der Waals surface area contributed by atoms with Crippen molar-refractivity contribution >= 4 is 86.4 Å². The zero-order valence-corrected chi connectivity index (χ0v) is 18.3. The van der Waals surface area contributed by atoms with E-state index >= 15 is 0 Å². The lowest BCUT2D eigenvalue weighted by Gasteiger charge is -2.27. The number of ether oxygens (including phenoxy) is 1. The summed E-state index contributed by atoms with van der Waals surface area (Å²) in [6.07, 6.45) is 2.97. The van der Waals surface area contributed by atoms with Crippen LogP contribution < -0.4 is 10.1 Å². The van der Waals surface area contributed by atoms with E-state index in [1.807, 2.05) is 45.2 Å². The molecule has 1 aliphatic heterocycles. The molecule has 0 bridgehead atoms. The van der Waals surface area contributed by atoms with Crippen LogP contribution in [0.25, 0.3) is 6.08 Å². The summed E-state index contributed by atoms with van der Waals surface area (Å²) in [6.45, 7) is 3.30. The molecule has 0 unspecified atom stereocenters. The molecule has 10 heteroatoms. The maximum absolute atomic E-state index is 12.5. The lowest BCUT2D eigenvalue weighted by molar-refractivity contribution is -0.139. The van der Waals surface area contributed by atoms with Gasteiger partial charge in [0.05, 0.1) is 7.14 Å². The van der Waals surface area contributed by atoms with E-state index in [1.54, 1.807) is 12.1 Å². The van der Waals surface area contributed by atoms with Gasteiger partial charge in [0.15, 0.2) is 11.7 Å². The Bertz CT molecular complexity index is 830. The third-order valence-corrected chi connectivity index (χ3v) is 5.09. The summed E-state index contributed by atoms with van der Waals surface area (Å²) in [5.41, 5.74) is 0.553. The lowest BCUT2D eigenvalue weighted by atomic mass is 10.1. The van der Waals surface area contributed by atoms with Crippen molar-refractivity contribution in [3.8, 4) is 5.75 Å². The first-order valence-electron chi connectivity index (χ1n) is 7.08. The number of carboxylic acids is 1. The van der Waals surface area contributed by atoms with Gasteiger partial charge in [0, 0.05) is 6.54 Å². The molecule has 1 aromatic rings. The number of carboxylic acid groups (broad SMARTS) is 1. The third-order valence-electron chi connectivity index (χ3n) is 3.17. The van der Waals surface area contributed by atoms with Crippen molar-refractivity contribution < 1.29 is 24.2 Å². The molecule has 7 nitrogen and oxygen atoms in total. The molecular formula is C16H12I2N2O5S. The van der Waals surface area contributed by atoms with E-state index in [2.05, 4.69) is 11.9 Å². The standard InChI is InChI=1S/C16H12I2N2O5S/c1-2-3-20-15(24)9(14(23)19-16(20)26)4-8-5-10(17)13(11(18)6-8)25-7-12(21)22/h2,4-6H,1,3,7H2,(H,21,22)(H,19,23,26)/b9-4+.